The minimum Gasteiger partial charge on any atom is -0.398 e. The summed E-state index contributed by atoms with van der Waals surface area (Å²) >= 11 is 0. The molecule has 0 spiro atoms. The molecule has 1 aromatic carbocycles. The zero-order valence-corrected chi connectivity index (χ0v) is 10.2. The Labute approximate surface area is 109 Å². The summed E-state index contributed by atoms with van der Waals surface area (Å²) in [6, 6.07) is 7.35. The molecular formula is C13H11N5O. The Morgan fingerprint density at radius 3 is 2.68 bits per heavy atom. The Kier molecular flexibility index (Phi) is 2.68. The molecule has 0 unspecified atom stereocenters. The summed E-state index contributed by atoms with van der Waals surface area (Å²) in [4.78, 5) is 12.6. The first kappa shape index (κ1) is 11.3. The van der Waals surface area contributed by atoms with Gasteiger partial charge >= 0.3 is 0 Å². The Morgan fingerprint density at radius 2 is 1.95 bits per heavy atom. The molecule has 0 amide bonds. The van der Waals surface area contributed by atoms with Crippen molar-refractivity contribution in [2.75, 3.05) is 5.73 Å². The molecule has 0 aliphatic rings. The lowest BCUT2D eigenvalue weighted by molar-refractivity contribution is 0.431. The molecule has 0 fully saturated rings. The van der Waals surface area contributed by atoms with Crippen LogP contribution in [0.2, 0.25) is 0 Å². The minimum atomic E-state index is 0.325. The van der Waals surface area contributed by atoms with Gasteiger partial charge in [0, 0.05) is 17.4 Å². The van der Waals surface area contributed by atoms with Crippen molar-refractivity contribution in [1.82, 2.24) is 20.1 Å². The van der Waals surface area contributed by atoms with E-state index >= 15 is 0 Å². The first-order chi connectivity index (χ1) is 9.24. The Morgan fingerprint density at radius 1 is 1.11 bits per heavy atom. The number of nitrogens with two attached hydrogens (primary N) is 1. The summed E-state index contributed by atoms with van der Waals surface area (Å²) in [6.45, 7) is 1.86. The molecule has 3 rings (SSSR count). The number of hydrogen-bond donors (Lipinski definition) is 1. The first-order valence-electron chi connectivity index (χ1n) is 5.71. The smallest absolute Gasteiger partial charge is 0.278 e. The number of nitrogen functional groups attached to an aromatic ring is 1. The van der Waals surface area contributed by atoms with Crippen molar-refractivity contribution in [2.45, 2.75) is 6.92 Å². The van der Waals surface area contributed by atoms with Crippen molar-refractivity contribution in [3.05, 3.63) is 42.4 Å². The van der Waals surface area contributed by atoms with Crippen LogP contribution in [-0.4, -0.2) is 20.1 Å². The van der Waals surface area contributed by atoms with E-state index < -0.39 is 0 Å². The van der Waals surface area contributed by atoms with E-state index in [9.17, 15) is 0 Å². The van der Waals surface area contributed by atoms with Gasteiger partial charge in [-0.05, 0) is 19.1 Å². The number of para-hydroxylation sites is 1. The van der Waals surface area contributed by atoms with Crippen LogP contribution in [0, 0.1) is 6.92 Å². The van der Waals surface area contributed by atoms with Crippen LogP contribution in [0.5, 0.6) is 0 Å². The van der Waals surface area contributed by atoms with E-state index in [4.69, 9.17) is 10.3 Å². The third-order valence-corrected chi connectivity index (χ3v) is 2.63. The third-order valence-electron chi connectivity index (χ3n) is 2.63. The van der Waals surface area contributed by atoms with Gasteiger partial charge in [0.05, 0.1) is 11.9 Å². The van der Waals surface area contributed by atoms with Gasteiger partial charge in [0.25, 0.3) is 5.89 Å². The van der Waals surface area contributed by atoms with Gasteiger partial charge in [-0.1, -0.05) is 17.3 Å². The number of benzene rings is 1. The van der Waals surface area contributed by atoms with Crippen LogP contribution in [0.25, 0.3) is 23.0 Å². The monoisotopic (exact) mass is 253 g/mol. The maximum Gasteiger partial charge on any atom is 0.278 e. The number of hydrogen-bond acceptors (Lipinski definition) is 6. The molecule has 19 heavy (non-hydrogen) atoms. The van der Waals surface area contributed by atoms with E-state index in [0.717, 1.165) is 11.3 Å². The number of aromatic nitrogens is 4. The van der Waals surface area contributed by atoms with Crippen LogP contribution in [0.15, 0.2) is 41.2 Å². The molecule has 0 saturated carbocycles. The number of rotatable bonds is 2. The zero-order chi connectivity index (χ0) is 13.2. The van der Waals surface area contributed by atoms with Crippen LogP contribution in [0.4, 0.5) is 5.69 Å². The second kappa shape index (κ2) is 4.49. The summed E-state index contributed by atoms with van der Waals surface area (Å²) in [5, 5.41) is 3.91. The van der Waals surface area contributed by atoms with E-state index in [2.05, 4.69) is 20.1 Å². The quantitative estimate of drug-likeness (QED) is 0.703. The molecule has 94 valence electrons. The molecule has 0 saturated heterocycles. The topological polar surface area (TPSA) is 90.7 Å². The van der Waals surface area contributed by atoms with Crippen LogP contribution < -0.4 is 5.73 Å². The predicted octanol–water partition coefficient (Wildman–Crippen LogP) is 2.08. The van der Waals surface area contributed by atoms with Gasteiger partial charge in [0.15, 0.2) is 0 Å². The maximum atomic E-state index is 5.87. The van der Waals surface area contributed by atoms with Crippen LogP contribution in [-0.2, 0) is 0 Å². The highest BCUT2D eigenvalue weighted by Gasteiger charge is 2.13. The van der Waals surface area contributed by atoms with Gasteiger partial charge in [0.2, 0.25) is 5.82 Å². The van der Waals surface area contributed by atoms with Gasteiger partial charge < -0.3 is 10.3 Å². The molecule has 3 aromatic rings. The van der Waals surface area contributed by atoms with E-state index in [-0.39, 0.29) is 0 Å². The van der Waals surface area contributed by atoms with Crippen molar-refractivity contribution in [3.63, 3.8) is 0 Å². The average molecular weight is 253 g/mol. The fraction of sp³-hybridized carbons (Fsp3) is 0.0769. The number of nitrogens with zero attached hydrogens (tertiary/aromatic N) is 4. The van der Waals surface area contributed by atoms with Crippen LogP contribution in [0.3, 0.4) is 0 Å². The van der Waals surface area contributed by atoms with Gasteiger partial charge in [-0.3, -0.25) is 4.98 Å². The molecule has 2 aromatic heterocycles. The van der Waals surface area contributed by atoms with E-state index in [1.54, 1.807) is 18.5 Å². The number of anilines is 1. The Bertz CT molecular complexity index is 705. The third kappa shape index (κ3) is 2.15. The Hall–Kier alpha value is -2.76. The highest BCUT2D eigenvalue weighted by Crippen LogP contribution is 2.24. The second-order valence-electron chi connectivity index (χ2n) is 4.05. The molecule has 6 nitrogen and oxygen atoms in total. The number of aryl methyl sites for hydroxylation is 1. The molecule has 2 N–H and O–H groups in total. The fourth-order valence-electron chi connectivity index (χ4n) is 1.64. The highest BCUT2D eigenvalue weighted by atomic mass is 16.5. The molecule has 0 bridgehead atoms. The minimum absolute atomic E-state index is 0.325. The summed E-state index contributed by atoms with van der Waals surface area (Å²) in [6.07, 6.45) is 3.25. The SMILES string of the molecule is Cc1cnc(-c2nc(-c3ccccc3N)no2)cn1. The van der Waals surface area contributed by atoms with Gasteiger partial charge in [-0.25, -0.2) is 4.98 Å². The van der Waals surface area contributed by atoms with Crippen LogP contribution in [0.1, 0.15) is 5.69 Å². The van der Waals surface area contributed by atoms with Crippen molar-refractivity contribution in [2.24, 2.45) is 0 Å². The summed E-state index contributed by atoms with van der Waals surface area (Å²) in [7, 11) is 0. The zero-order valence-electron chi connectivity index (χ0n) is 10.2. The van der Waals surface area contributed by atoms with E-state index in [0.29, 0.717) is 23.1 Å². The lowest BCUT2D eigenvalue weighted by Crippen LogP contribution is -1.91. The second-order valence-corrected chi connectivity index (χ2v) is 4.05. The highest BCUT2D eigenvalue weighted by molar-refractivity contribution is 5.71. The molecule has 0 aliphatic heterocycles. The van der Waals surface area contributed by atoms with Gasteiger partial charge in [-0.2, -0.15) is 4.98 Å². The standard InChI is InChI=1S/C13H11N5O/c1-8-6-16-11(7-15-8)13-17-12(18-19-13)9-4-2-3-5-10(9)14/h2-7H,14H2,1H3. The fourth-order valence-corrected chi connectivity index (χ4v) is 1.64. The molecule has 0 aliphatic carbocycles. The summed E-state index contributed by atoms with van der Waals surface area (Å²) < 4.78 is 5.18. The predicted molar refractivity (Wildman–Crippen MR) is 69.9 cm³/mol. The lowest BCUT2D eigenvalue weighted by atomic mass is 10.2. The lowest BCUT2D eigenvalue weighted by Gasteiger charge is -1.98. The summed E-state index contributed by atoms with van der Waals surface area (Å²) in [5.74, 6) is 0.765. The Balaban J connectivity index is 2.00. The largest absolute Gasteiger partial charge is 0.398 e. The van der Waals surface area contributed by atoms with Gasteiger partial charge in [-0.15, -0.1) is 0 Å². The van der Waals surface area contributed by atoms with Crippen LogP contribution >= 0.6 is 0 Å². The molecular weight excluding hydrogens is 242 g/mol. The van der Waals surface area contributed by atoms with Gasteiger partial charge in [0.1, 0.15) is 5.69 Å². The van der Waals surface area contributed by atoms with Crippen molar-refractivity contribution >= 4 is 5.69 Å². The maximum absolute atomic E-state index is 5.87. The van der Waals surface area contributed by atoms with Crippen molar-refractivity contribution < 1.29 is 4.52 Å². The average Bonchev–Trinajstić information content (AvgIpc) is 2.89. The molecule has 6 heteroatoms. The molecule has 2 heterocycles. The van der Waals surface area contributed by atoms with Crippen molar-refractivity contribution in [1.29, 1.82) is 0 Å². The molecule has 0 radical (unpaired) electrons. The molecule has 0 atom stereocenters. The first-order valence-corrected chi connectivity index (χ1v) is 5.71. The normalized spacial score (nSPS) is 10.6. The van der Waals surface area contributed by atoms with E-state index in [1.807, 2.05) is 25.1 Å². The van der Waals surface area contributed by atoms with E-state index in [1.165, 1.54) is 0 Å². The summed E-state index contributed by atoms with van der Waals surface area (Å²) in [5.41, 5.74) is 8.58. The van der Waals surface area contributed by atoms with Crippen molar-refractivity contribution in [3.8, 4) is 23.0 Å².